The van der Waals surface area contributed by atoms with Crippen molar-refractivity contribution < 1.29 is 0 Å². The molecule has 0 N–H and O–H groups in total. The molecule has 0 radical (unpaired) electrons. The van der Waals surface area contributed by atoms with Crippen LogP contribution in [0, 0.1) is 30.1 Å². The van der Waals surface area contributed by atoms with E-state index in [0.29, 0.717) is 5.56 Å². The molecule has 0 aliphatic carbocycles. The molecule has 0 spiro atoms. The summed E-state index contributed by atoms with van der Waals surface area (Å²) in [5.74, 6) is 5.98. The zero-order valence-corrected chi connectivity index (χ0v) is 9.44. The molecule has 1 heterocycles. The van der Waals surface area contributed by atoms with Crippen LogP contribution in [0.1, 0.15) is 22.4 Å². The van der Waals surface area contributed by atoms with Gasteiger partial charge in [0.25, 0.3) is 0 Å². The number of nitriles is 1. The predicted molar refractivity (Wildman–Crippen MR) is 66.1 cm³/mol. The fraction of sp³-hybridized carbons (Fsp3) is 0.0667. The van der Waals surface area contributed by atoms with Crippen LogP contribution in [-0.2, 0) is 0 Å². The van der Waals surface area contributed by atoms with Crippen molar-refractivity contribution in [1.82, 2.24) is 4.98 Å². The van der Waals surface area contributed by atoms with Gasteiger partial charge in [0.15, 0.2) is 0 Å². The minimum absolute atomic E-state index is 0.635. The van der Waals surface area contributed by atoms with Gasteiger partial charge in [-0.3, -0.25) is 0 Å². The molecule has 17 heavy (non-hydrogen) atoms. The van der Waals surface area contributed by atoms with Gasteiger partial charge in [0.05, 0.1) is 11.6 Å². The fourth-order valence-corrected chi connectivity index (χ4v) is 1.49. The van der Waals surface area contributed by atoms with E-state index < -0.39 is 0 Å². The number of nitrogens with zero attached hydrogens (tertiary/aromatic N) is 2. The molecular formula is C15H10N2. The second-order valence-electron chi connectivity index (χ2n) is 3.66. The molecule has 0 amide bonds. The maximum Gasteiger partial charge on any atom is 0.113 e. The van der Waals surface area contributed by atoms with Crippen molar-refractivity contribution in [2.75, 3.05) is 0 Å². The summed E-state index contributed by atoms with van der Waals surface area (Å²) in [6.45, 7) is 1.95. The molecule has 0 bridgehead atoms. The molecule has 0 saturated heterocycles. The molecule has 0 saturated carbocycles. The van der Waals surface area contributed by atoms with Gasteiger partial charge in [0, 0.05) is 11.8 Å². The Morgan fingerprint density at radius 3 is 2.59 bits per heavy atom. The van der Waals surface area contributed by atoms with Gasteiger partial charge in [-0.25, -0.2) is 4.98 Å². The van der Waals surface area contributed by atoms with E-state index in [1.165, 1.54) is 0 Å². The smallest absolute Gasteiger partial charge is 0.113 e. The normalized spacial score (nSPS) is 8.94. The average molecular weight is 218 g/mol. The third-order valence-electron chi connectivity index (χ3n) is 2.21. The van der Waals surface area contributed by atoms with Crippen LogP contribution in [0.25, 0.3) is 0 Å². The summed E-state index contributed by atoms with van der Waals surface area (Å²) in [5, 5.41) is 8.86. The quantitative estimate of drug-likeness (QED) is 0.637. The van der Waals surface area contributed by atoms with Gasteiger partial charge in [-0.15, -0.1) is 0 Å². The molecule has 0 unspecified atom stereocenters. The first-order chi connectivity index (χ1) is 8.28. The highest BCUT2D eigenvalue weighted by molar-refractivity contribution is 5.46. The minimum atomic E-state index is 0.635. The molecule has 2 aromatic rings. The van der Waals surface area contributed by atoms with E-state index in [1.54, 1.807) is 12.3 Å². The van der Waals surface area contributed by atoms with Crippen molar-refractivity contribution in [3.63, 3.8) is 0 Å². The van der Waals surface area contributed by atoms with E-state index >= 15 is 0 Å². The van der Waals surface area contributed by atoms with Crippen LogP contribution in [0.15, 0.2) is 42.6 Å². The van der Waals surface area contributed by atoms with E-state index in [4.69, 9.17) is 5.26 Å². The largest absolute Gasteiger partial charge is 0.248 e. The first-order valence-electron chi connectivity index (χ1n) is 5.23. The van der Waals surface area contributed by atoms with E-state index in [1.807, 2.05) is 37.3 Å². The van der Waals surface area contributed by atoms with Gasteiger partial charge in [0.1, 0.15) is 5.69 Å². The molecule has 0 aliphatic heterocycles. The SMILES string of the molecule is Cc1cc(C#N)cc(C#Cc2ccccn2)c1. The Bertz CT molecular complexity index is 625. The van der Waals surface area contributed by atoms with Crippen LogP contribution in [0.4, 0.5) is 0 Å². The zero-order valence-electron chi connectivity index (χ0n) is 9.44. The van der Waals surface area contributed by atoms with Crippen LogP contribution in [0.5, 0.6) is 0 Å². The van der Waals surface area contributed by atoms with Gasteiger partial charge in [0.2, 0.25) is 0 Å². The Kier molecular flexibility index (Phi) is 3.19. The summed E-state index contributed by atoms with van der Waals surface area (Å²) >= 11 is 0. The first kappa shape index (κ1) is 10.9. The molecular weight excluding hydrogens is 208 g/mol. The number of rotatable bonds is 0. The highest BCUT2D eigenvalue weighted by atomic mass is 14.6. The van der Waals surface area contributed by atoms with Gasteiger partial charge in [-0.05, 0) is 48.7 Å². The van der Waals surface area contributed by atoms with Crippen LogP contribution >= 0.6 is 0 Å². The van der Waals surface area contributed by atoms with E-state index in [-0.39, 0.29) is 0 Å². The van der Waals surface area contributed by atoms with Crippen molar-refractivity contribution in [3.05, 3.63) is 65.0 Å². The van der Waals surface area contributed by atoms with Gasteiger partial charge < -0.3 is 0 Å². The topological polar surface area (TPSA) is 36.7 Å². The lowest BCUT2D eigenvalue weighted by Gasteiger charge is -1.95. The second-order valence-corrected chi connectivity index (χ2v) is 3.66. The summed E-state index contributed by atoms with van der Waals surface area (Å²) in [4.78, 5) is 4.12. The van der Waals surface area contributed by atoms with Crippen molar-refractivity contribution >= 4 is 0 Å². The molecule has 2 nitrogen and oxygen atoms in total. The van der Waals surface area contributed by atoms with Gasteiger partial charge >= 0.3 is 0 Å². The number of hydrogen-bond donors (Lipinski definition) is 0. The lowest BCUT2D eigenvalue weighted by Crippen LogP contribution is -1.83. The second kappa shape index (κ2) is 4.96. The minimum Gasteiger partial charge on any atom is -0.248 e. The third kappa shape index (κ3) is 2.93. The Balaban J connectivity index is 2.35. The lowest BCUT2D eigenvalue weighted by atomic mass is 10.1. The highest BCUT2D eigenvalue weighted by Crippen LogP contribution is 2.07. The number of benzene rings is 1. The van der Waals surface area contributed by atoms with Gasteiger partial charge in [-0.1, -0.05) is 12.0 Å². The maximum atomic E-state index is 8.86. The zero-order chi connectivity index (χ0) is 12.1. The van der Waals surface area contributed by atoms with E-state index in [2.05, 4.69) is 22.9 Å². The predicted octanol–water partition coefficient (Wildman–Crippen LogP) is 2.66. The van der Waals surface area contributed by atoms with Crippen molar-refractivity contribution in [2.45, 2.75) is 6.92 Å². The van der Waals surface area contributed by atoms with Crippen molar-refractivity contribution in [1.29, 1.82) is 5.26 Å². The molecule has 1 aromatic heterocycles. The van der Waals surface area contributed by atoms with Crippen LogP contribution in [0.3, 0.4) is 0 Å². The Hall–Kier alpha value is -2.58. The molecule has 2 heteroatoms. The van der Waals surface area contributed by atoms with E-state index in [9.17, 15) is 0 Å². The third-order valence-corrected chi connectivity index (χ3v) is 2.21. The number of aromatic nitrogens is 1. The highest BCUT2D eigenvalue weighted by Gasteiger charge is 1.95. The summed E-state index contributed by atoms with van der Waals surface area (Å²) in [5.41, 5.74) is 3.24. The van der Waals surface area contributed by atoms with Gasteiger partial charge in [-0.2, -0.15) is 5.26 Å². The summed E-state index contributed by atoms with van der Waals surface area (Å²) in [6, 6.07) is 13.3. The van der Waals surface area contributed by atoms with Crippen molar-refractivity contribution in [3.8, 4) is 17.9 Å². The molecule has 80 valence electrons. The van der Waals surface area contributed by atoms with Crippen LogP contribution in [0.2, 0.25) is 0 Å². The van der Waals surface area contributed by atoms with E-state index in [0.717, 1.165) is 16.8 Å². The number of aryl methyl sites for hydroxylation is 1. The average Bonchev–Trinajstić information content (AvgIpc) is 2.37. The molecule has 2 rings (SSSR count). The first-order valence-corrected chi connectivity index (χ1v) is 5.23. The molecule has 0 atom stereocenters. The van der Waals surface area contributed by atoms with Crippen molar-refractivity contribution in [2.24, 2.45) is 0 Å². The molecule has 1 aromatic carbocycles. The lowest BCUT2D eigenvalue weighted by molar-refractivity contribution is 1.29. The summed E-state index contributed by atoms with van der Waals surface area (Å²) in [6.07, 6.45) is 1.71. The monoisotopic (exact) mass is 218 g/mol. The maximum absolute atomic E-state index is 8.86. The Morgan fingerprint density at radius 2 is 1.88 bits per heavy atom. The fourth-order valence-electron chi connectivity index (χ4n) is 1.49. The number of pyridine rings is 1. The Morgan fingerprint density at radius 1 is 1.06 bits per heavy atom. The molecule has 0 aliphatic rings. The van der Waals surface area contributed by atoms with Crippen LogP contribution < -0.4 is 0 Å². The summed E-state index contributed by atoms with van der Waals surface area (Å²) < 4.78 is 0. The van der Waals surface area contributed by atoms with Crippen LogP contribution in [-0.4, -0.2) is 4.98 Å². The standard InChI is InChI=1S/C15H10N2/c1-12-8-13(10-14(9-12)11-16)5-6-15-4-2-3-7-17-15/h2-4,7-10H,1H3. The molecule has 0 fully saturated rings. The number of hydrogen-bond acceptors (Lipinski definition) is 2. The summed E-state index contributed by atoms with van der Waals surface area (Å²) in [7, 11) is 0. The Labute approximate surface area is 101 Å².